The summed E-state index contributed by atoms with van der Waals surface area (Å²) < 4.78 is 25.8. The minimum atomic E-state index is -3.92. The van der Waals surface area contributed by atoms with Crippen molar-refractivity contribution in [3.63, 3.8) is 0 Å². The first-order valence-corrected chi connectivity index (χ1v) is 7.45. The molecular formula is C12H18N2O4S. The minimum absolute atomic E-state index is 0.364. The van der Waals surface area contributed by atoms with Crippen LogP contribution in [-0.2, 0) is 21.4 Å². The number of hydrogen-bond acceptors (Lipinski definition) is 4. The Morgan fingerprint density at radius 2 is 2.11 bits per heavy atom. The maximum Gasteiger partial charge on any atom is 0.323 e. The largest absolute Gasteiger partial charge is 0.480 e. The Morgan fingerprint density at radius 3 is 2.68 bits per heavy atom. The SMILES string of the molecule is CCNCc1cccc(NS(=O)(=O)C(C)C(=O)O)c1. The van der Waals surface area contributed by atoms with Crippen LogP contribution >= 0.6 is 0 Å². The van der Waals surface area contributed by atoms with Crippen molar-refractivity contribution in [1.29, 1.82) is 0 Å². The van der Waals surface area contributed by atoms with Crippen LogP contribution in [0.1, 0.15) is 19.4 Å². The summed E-state index contributed by atoms with van der Waals surface area (Å²) in [6.45, 7) is 4.54. The van der Waals surface area contributed by atoms with Crippen molar-refractivity contribution in [2.24, 2.45) is 0 Å². The Hall–Kier alpha value is -1.60. The number of nitrogens with one attached hydrogen (secondary N) is 2. The van der Waals surface area contributed by atoms with E-state index in [9.17, 15) is 13.2 Å². The van der Waals surface area contributed by atoms with Crippen molar-refractivity contribution >= 4 is 21.7 Å². The van der Waals surface area contributed by atoms with Crippen LogP contribution < -0.4 is 10.0 Å². The van der Waals surface area contributed by atoms with Gasteiger partial charge in [-0.1, -0.05) is 19.1 Å². The molecule has 19 heavy (non-hydrogen) atoms. The molecule has 1 unspecified atom stereocenters. The minimum Gasteiger partial charge on any atom is -0.480 e. The van der Waals surface area contributed by atoms with E-state index in [-0.39, 0.29) is 0 Å². The highest BCUT2D eigenvalue weighted by Gasteiger charge is 2.27. The Balaban J connectivity index is 2.85. The summed E-state index contributed by atoms with van der Waals surface area (Å²) in [5.41, 5.74) is 1.29. The highest BCUT2D eigenvalue weighted by Crippen LogP contribution is 2.14. The molecule has 7 heteroatoms. The summed E-state index contributed by atoms with van der Waals surface area (Å²) in [4.78, 5) is 10.7. The van der Waals surface area contributed by atoms with E-state index in [2.05, 4.69) is 10.0 Å². The molecule has 0 amide bonds. The van der Waals surface area contributed by atoms with Crippen LogP contribution in [0.25, 0.3) is 0 Å². The molecule has 0 fully saturated rings. The maximum atomic E-state index is 11.8. The zero-order valence-corrected chi connectivity index (χ0v) is 11.7. The number of carbonyl (C=O) groups is 1. The summed E-state index contributed by atoms with van der Waals surface area (Å²) in [5, 5.41) is 10.4. The molecule has 0 radical (unpaired) electrons. The van der Waals surface area contributed by atoms with E-state index in [0.29, 0.717) is 12.2 Å². The normalized spacial score (nSPS) is 12.9. The van der Waals surface area contributed by atoms with Crippen molar-refractivity contribution < 1.29 is 18.3 Å². The molecule has 0 spiro atoms. The predicted molar refractivity (Wildman–Crippen MR) is 73.5 cm³/mol. The van der Waals surface area contributed by atoms with E-state index in [1.807, 2.05) is 13.0 Å². The zero-order chi connectivity index (χ0) is 14.5. The average Bonchev–Trinajstić information content (AvgIpc) is 2.35. The number of sulfonamides is 1. The molecule has 0 aliphatic heterocycles. The fourth-order valence-electron chi connectivity index (χ4n) is 1.40. The summed E-state index contributed by atoms with van der Waals surface area (Å²) in [7, 11) is -3.92. The second-order valence-corrected chi connectivity index (χ2v) is 6.11. The van der Waals surface area contributed by atoms with Crippen LogP contribution in [0.3, 0.4) is 0 Å². The van der Waals surface area contributed by atoms with Gasteiger partial charge in [-0.25, -0.2) is 8.42 Å². The third-order valence-electron chi connectivity index (χ3n) is 2.58. The fourth-order valence-corrected chi connectivity index (χ4v) is 2.30. The maximum absolute atomic E-state index is 11.8. The number of carboxylic acids is 1. The fraction of sp³-hybridized carbons (Fsp3) is 0.417. The summed E-state index contributed by atoms with van der Waals surface area (Å²) in [6.07, 6.45) is 0. The number of rotatable bonds is 7. The van der Waals surface area contributed by atoms with Crippen molar-refractivity contribution in [3.8, 4) is 0 Å². The van der Waals surface area contributed by atoms with Gasteiger partial charge in [0.15, 0.2) is 5.25 Å². The molecule has 0 aliphatic carbocycles. The van der Waals surface area contributed by atoms with E-state index < -0.39 is 21.2 Å². The van der Waals surface area contributed by atoms with Crippen LogP contribution in [0, 0.1) is 0 Å². The Kier molecular flexibility index (Phi) is 5.31. The quantitative estimate of drug-likeness (QED) is 0.695. The highest BCUT2D eigenvalue weighted by molar-refractivity contribution is 7.94. The van der Waals surface area contributed by atoms with E-state index in [1.54, 1.807) is 18.2 Å². The smallest absolute Gasteiger partial charge is 0.323 e. The summed E-state index contributed by atoms with van der Waals surface area (Å²) in [6, 6.07) is 6.84. The van der Waals surface area contributed by atoms with Crippen LogP contribution in [0.2, 0.25) is 0 Å². The molecule has 0 heterocycles. The molecule has 1 rings (SSSR count). The van der Waals surface area contributed by atoms with Gasteiger partial charge in [-0.2, -0.15) is 0 Å². The van der Waals surface area contributed by atoms with Gasteiger partial charge >= 0.3 is 5.97 Å². The number of benzene rings is 1. The van der Waals surface area contributed by atoms with Crippen molar-refractivity contribution in [3.05, 3.63) is 29.8 Å². The molecule has 3 N–H and O–H groups in total. The van der Waals surface area contributed by atoms with Crippen LogP contribution in [0.15, 0.2) is 24.3 Å². The van der Waals surface area contributed by atoms with Crippen molar-refractivity contribution in [2.75, 3.05) is 11.3 Å². The first kappa shape index (κ1) is 15.5. The zero-order valence-electron chi connectivity index (χ0n) is 10.9. The van der Waals surface area contributed by atoms with Gasteiger partial charge in [-0.05, 0) is 31.2 Å². The Bertz CT molecular complexity index is 542. The first-order chi connectivity index (χ1) is 8.86. The molecule has 1 aromatic rings. The van der Waals surface area contributed by atoms with E-state index in [4.69, 9.17) is 5.11 Å². The van der Waals surface area contributed by atoms with Crippen LogP contribution in [0.4, 0.5) is 5.69 Å². The van der Waals surface area contributed by atoms with Gasteiger partial charge in [0.1, 0.15) is 0 Å². The summed E-state index contributed by atoms with van der Waals surface area (Å²) in [5.74, 6) is -1.38. The second kappa shape index (κ2) is 6.53. The molecule has 106 valence electrons. The molecule has 1 aromatic carbocycles. The van der Waals surface area contributed by atoms with E-state index in [1.165, 1.54) is 0 Å². The Labute approximate surface area is 112 Å². The lowest BCUT2D eigenvalue weighted by Gasteiger charge is -2.12. The number of aliphatic carboxylic acids is 1. The van der Waals surface area contributed by atoms with Gasteiger partial charge in [-0.15, -0.1) is 0 Å². The van der Waals surface area contributed by atoms with Gasteiger partial charge < -0.3 is 10.4 Å². The number of carboxylic acid groups (broad SMARTS) is 1. The van der Waals surface area contributed by atoms with Gasteiger partial charge in [0.25, 0.3) is 0 Å². The van der Waals surface area contributed by atoms with Crippen molar-refractivity contribution in [2.45, 2.75) is 25.6 Å². The lowest BCUT2D eigenvalue weighted by atomic mass is 10.2. The van der Waals surface area contributed by atoms with E-state index >= 15 is 0 Å². The molecule has 6 nitrogen and oxygen atoms in total. The molecule has 0 aliphatic rings. The van der Waals surface area contributed by atoms with Crippen molar-refractivity contribution in [1.82, 2.24) is 5.32 Å². The first-order valence-electron chi connectivity index (χ1n) is 5.91. The number of anilines is 1. The highest BCUT2D eigenvalue weighted by atomic mass is 32.2. The monoisotopic (exact) mass is 286 g/mol. The van der Waals surface area contributed by atoms with Crippen LogP contribution in [-0.4, -0.2) is 31.3 Å². The predicted octanol–water partition coefficient (Wildman–Crippen LogP) is 1.01. The molecule has 0 bridgehead atoms. The molecular weight excluding hydrogens is 268 g/mol. The average molecular weight is 286 g/mol. The molecule has 0 saturated carbocycles. The van der Waals surface area contributed by atoms with E-state index in [0.717, 1.165) is 19.0 Å². The van der Waals surface area contributed by atoms with Crippen LogP contribution in [0.5, 0.6) is 0 Å². The molecule has 0 saturated heterocycles. The molecule has 0 aromatic heterocycles. The topological polar surface area (TPSA) is 95.5 Å². The third kappa shape index (κ3) is 4.53. The lowest BCUT2D eigenvalue weighted by Crippen LogP contribution is -2.32. The lowest BCUT2D eigenvalue weighted by molar-refractivity contribution is -0.136. The Morgan fingerprint density at radius 1 is 1.42 bits per heavy atom. The third-order valence-corrected chi connectivity index (χ3v) is 4.23. The van der Waals surface area contributed by atoms with Gasteiger partial charge in [-0.3, -0.25) is 9.52 Å². The second-order valence-electron chi connectivity index (χ2n) is 4.11. The van der Waals surface area contributed by atoms with Gasteiger partial charge in [0, 0.05) is 12.2 Å². The van der Waals surface area contributed by atoms with Gasteiger partial charge in [0.05, 0.1) is 0 Å². The molecule has 1 atom stereocenters. The number of hydrogen-bond donors (Lipinski definition) is 3. The standard InChI is InChI=1S/C12H18N2O4S/c1-3-13-8-10-5-4-6-11(7-10)14-19(17,18)9(2)12(15)16/h4-7,9,13-14H,3,8H2,1-2H3,(H,15,16). The summed E-state index contributed by atoms with van der Waals surface area (Å²) >= 11 is 0. The van der Waals surface area contributed by atoms with Gasteiger partial charge in [0.2, 0.25) is 10.0 Å².